The average molecular weight is 385 g/mol. The van der Waals surface area contributed by atoms with Gasteiger partial charge in [-0.15, -0.1) is 13.2 Å². The van der Waals surface area contributed by atoms with E-state index in [0.29, 0.717) is 4.31 Å². The molecule has 0 bridgehead atoms. The smallest absolute Gasteiger partial charge is 0.468 e. The Labute approximate surface area is 141 Å². The van der Waals surface area contributed by atoms with Gasteiger partial charge in [0.05, 0.1) is 14.2 Å². The Morgan fingerprint density at radius 2 is 1.52 bits per heavy atom. The number of esters is 2. The normalized spacial score (nSPS) is 11.9. The lowest BCUT2D eigenvalue weighted by Gasteiger charge is -2.21. The number of para-hydroxylation sites is 1. The summed E-state index contributed by atoms with van der Waals surface area (Å²) < 4.78 is 75.3. The predicted octanol–water partition coefficient (Wildman–Crippen LogP) is 0.922. The van der Waals surface area contributed by atoms with Crippen LogP contribution < -0.4 is 4.74 Å². The molecule has 0 aromatic heterocycles. The molecule has 0 saturated carbocycles. The molecule has 0 unspecified atom stereocenters. The van der Waals surface area contributed by atoms with Crippen LogP contribution in [0.3, 0.4) is 0 Å². The summed E-state index contributed by atoms with van der Waals surface area (Å²) in [6.07, 6.45) is -5.14. The summed E-state index contributed by atoms with van der Waals surface area (Å²) in [6, 6.07) is 3.92. The third-order valence-electron chi connectivity index (χ3n) is 2.76. The lowest BCUT2D eigenvalue weighted by molar-refractivity contribution is -0.275. The number of methoxy groups -OCH3 is 2. The molecule has 0 fully saturated rings. The monoisotopic (exact) mass is 385 g/mol. The average Bonchev–Trinajstić information content (AvgIpc) is 2.52. The molecule has 0 N–H and O–H groups in total. The van der Waals surface area contributed by atoms with Crippen molar-refractivity contribution < 1.29 is 45.4 Å². The second-order valence-corrected chi connectivity index (χ2v) is 6.33. The van der Waals surface area contributed by atoms with Gasteiger partial charge in [-0.25, -0.2) is 8.42 Å². The topological polar surface area (TPSA) is 99.2 Å². The van der Waals surface area contributed by atoms with Gasteiger partial charge < -0.3 is 14.2 Å². The highest BCUT2D eigenvalue weighted by molar-refractivity contribution is 7.89. The Morgan fingerprint density at radius 1 is 1.04 bits per heavy atom. The first-order valence-electron chi connectivity index (χ1n) is 6.50. The summed E-state index contributed by atoms with van der Waals surface area (Å²) in [7, 11) is -2.75. The van der Waals surface area contributed by atoms with Crippen molar-refractivity contribution in [2.24, 2.45) is 0 Å². The van der Waals surface area contributed by atoms with Crippen LogP contribution in [0, 0.1) is 0 Å². The second kappa shape index (κ2) is 8.16. The molecule has 0 heterocycles. The van der Waals surface area contributed by atoms with E-state index >= 15 is 0 Å². The van der Waals surface area contributed by atoms with Crippen LogP contribution in [0.1, 0.15) is 0 Å². The maximum atomic E-state index is 12.6. The Balaban J connectivity index is 3.33. The lowest BCUT2D eigenvalue weighted by Crippen LogP contribution is -2.40. The van der Waals surface area contributed by atoms with E-state index in [1.54, 1.807) is 0 Å². The van der Waals surface area contributed by atoms with Gasteiger partial charge in [0.25, 0.3) is 0 Å². The molecule has 0 spiro atoms. The van der Waals surface area contributed by atoms with E-state index in [0.717, 1.165) is 38.5 Å². The van der Waals surface area contributed by atoms with E-state index < -0.39 is 52.1 Å². The van der Waals surface area contributed by atoms with Gasteiger partial charge in [-0.05, 0) is 12.1 Å². The van der Waals surface area contributed by atoms with E-state index in [9.17, 15) is 31.2 Å². The SMILES string of the molecule is COC(=O)CN(CC(=O)OC)S(=O)(=O)c1ccccc1OC(F)(F)F. The van der Waals surface area contributed by atoms with Crippen molar-refractivity contribution in [3.8, 4) is 5.75 Å². The number of sulfonamides is 1. The summed E-state index contributed by atoms with van der Waals surface area (Å²) in [4.78, 5) is 21.9. The van der Waals surface area contributed by atoms with E-state index in [1.165, 1.54) is 0 Å². The summed E-state index contributed by atoms with van der Waals surface area (Å²) in [5.74, 6) is -3.06. The fourth-order valence-electron chi connectivity index (χ4n) is 1.65. The highest BCUT2D eigenvalue weighted by atomic mass is 32.2. The molecule has 8 nitrogen and oxygen atoms in total. The first-order valence-corrected chi connectivity index (χ1v) is 7.94. The van der Waals surface area contributed by atoms with Crippen LogP contribution in [-0.4, -0.2) is 58.3 Å². The Hall–Kier alpha value is -2.34. The van der Waals surface area contributed by atoms with Crippen molar-refractivity contribution in [2.75, 3.05) is 27.3 Å². The van der Waals surface area contributed by atoms with Gasteiger partial charge in [-0.1, -0.05) is 12.1 Å². The minimum absolute atomic E-state index is 0.323. The molecule has 0 radical (unpaired) electrons. The number of hydrogen-bond donors (Lipinski definition) is 0. The molecule has 0 saturated heterocycles. The number of nitrogens with zero attached hydrogens (tertiary/aromatic N) is 1. The number of ether oxygens (including phenoxy) is 3. The molecule has 140 valence electrons. The van der Waals surface area contributed by atoms with Crippen LogP contribution in [0.2, 0.25) is 0 Å². The number of carbonyl (C=O) groups excluding carboxylic acids is 2. The summed E-state index contributed by atoms with van der Waals surface area (Å²) >= 11 is 0. The van der Waals surface area contributed by atoms with Gasteiger partial charge in [0.15, 0.2) is 0 Å². The standard InChI is InChI=1S/C13H14F3NO7S/c1-22-11(18)7-17(8-12(19)23-2)25(20,21)10-6-4-3-5-9(10)24-13(14,15)16/h3-6H,7-8H2,1-2H3. The lowest BCUT2D eigenvalue weighted by atomic mass is 10.3. The zero-order chi connectivity index (χ0) is 19.3. The van der Waals surface area contributed by atoms with E-state index in [4.69, 9.17) is 0 Å². The van der Waals surface area contributed by atoms with Gasteiger partial charge in [0, 0.05) is 0 Å². The minimum Gasteiger partial charge on any atom is -0.468 e. The van der Waals surface area contributed by atoms with Gasteiger partial charge in [0.1, 0.15) is 23.7 Å². The zero-order valence-electron chi connectivity index (χ0n) is 13.1. The molecule has 1 rings (SSSR count). The van der Waals surface area contributed by atoms with Gasteiger partial charge in [-0.2, -0.15) is 4.31 Å². The summed E-state index contributed by atoms with van der Waals surface area (Å²) in [5, 5.41) is 0. The van der Waals surface area contributed by atoms with Gasteiger partial charge in [0.2, 0.25) is 10.0 Å². The van der Waals surface area contributed by atoms with Crippen molar-refractivity contribution in [2.45, 2.75) is 11.3 Å². The van der Waals surface area contributed by atoms with Crippen molar-refractivity contribution in [3.63, 3.8) is 0 Å². The number of carbonyl (C=O) groups is 2. The van der Waals surface area contributed by atoms with Crippen molar-refractivity contribution in [1.82, 2.24) is 4.31 Å². The fraction of sp³-hybridized carbons (Fsp3) is 0.385. The van der Waals surface area contributed by atoms with Crippen LogP contribution in [0.4, 0.5) is 13.2 Å². The van der Waals surface area contributed by atoms with Gasteiger partial charge >= 0.3 is 18.3 Å². The van der Waals surface area contributed by atoms with Crippen molar-refractivity contribution >= 4 is 22.0 Å². The van der Waals surface area contributed by atoms with Crippen LogP contribution in [0.15, 0.2) is 29.2 Å². The fourth-order valence-corrected chi connectivity index (χ4v) is 3.10. The first kappa shape index (κ1) is 20.7. The maximum absolute atomic E-state index is 12.6. The van der Waals surface area contributed by atoms with E-state index in [2.05, 4.69) is 14.2 Å². The van der Waals surface area contributed by atoms with Crippen molar-refractivity contribution in [1.29, 1.82) is 0 Å². The molecule has 0 amide bonds. The highest BCUT2D eigenvalue weighted by Crippen LogP contribution is 2.31. The van der Waals surface area contributed by atoms with Crippen LogP contribution >= 0.6 is 0 Å². The number of hydrogen-bond acceptors (Lipinski definition) is 7. The molecule has 0 aliphatic heterocycles. The van der Waals surface area contributed by atoms with Crippen LogP contribution in [-0.2, 0) is 29.1 Å². The van der Waals surface area contributed by atoms with Crippen LogP contribution in [0.25, 0.3) is 0 Å². The largest absolute Gasteiger partial charge is 0.573 e. The molecule has 0 atom stereocenters. The quantitative estimate of drug-likeness (QED) is 0.644. The van der Waals surface area contributed by atoms with Crippen molar-refractivity contribution in [3.05, 3.63) is 24.3 Å². The van der Waals surface area contributed by atoms with E-state index in [1.807, 2.05) is 0 Å². The zero-order valence-corrected chi connectivity index (χ0v) is 13.9. The molecule has 0 aliphatic carbocycles. The minimum atomic E-state index is -5.14. The number of alkyl halides is 3. The second-order valence-electron chi connectivity index (χ2n) is 4.42. The maximum Gasteiger partial charge on any atom is 0.573 e. The molecule has 1 aromatic carbocycles. The molecule has 25 heavy (non-hydrogen) atoms. The summed E-state index contributed by atoms with van der Waals surface area (Å²) in [5.41, 5.74) is 0. The molecule has 0 aliphatic rings. The van der Waals surface area contributed by atoms with E-state index in [-0.39, 0.29) is 0 Å². The number of rotatable bonds is 7. The predicted molar refractivity (Wildman–Crippen MR) is 75.9 cm³/mol. The Kier molecular flexibility index (Phi) is 6.76. The van der Waals surface area contributed by atoms with Gasteiger partial charge in [-0.3, -0.25) is 9.59 Å². The molecular formula is C13H14F3NO7S. The summed E-state index contributed by atoms with van der Waals surface area (Å²) in [6.45, 7) is -1.82. The molecular weight excluding hydrogens is 371 g/mol. The molecule has 12 heteroatoms. The van der Waals surface area contributed by atoms with Crippen LogP contribution in [0.5, 0.6) is 5.75 Å². The highest BCUT2D eigenvalue weighted by Gasteiger charge is 2.36. The number of benzene rings is 1. The Bertz CT molecular complexity index is 715. The molecule has 1 aromatic rings. The number of halogens is 3. The first-order chi connectivity index (χ1) is 11.5. The third kappa shape index (κ3) is 5.90. The Morgan fingerprint density at radius 3 is 1.96 bits per heavy atom. The third-order valence-corrected chi connectivity index (χ3v) is 4.59.